The third-order valence-corrected chi connectivity index (χ3v) is 7.22. The lowest BCUT2D eigenvalue weighted by molar-refractivity contribution is -0.141. The van der Waals surface area contributed by atoms with Gasteiger partial charge in [0.2, 0.25) is 5.91 Å². The number of carbonyl (C=O) groups excluding carboxylic acids is 1. The third-order valence-electron chi connectivity index (χ3n) is 3.46. The lowest BCUT2D eigenvalue weighted by Gasteiger charge is -2.16. The van der Waals surface area contributed by atoms with Crippen molar-refractivity contribution in [2.75, 3.05) is 5.33 Å². The Hall–Kier alpha value is 0.380. The van der Waals surface area contributed by atoms with E-state index in [-0.39, 0.29) is 23.4 Å². The first kappa shape index (κ1) is 24.6. The van der Waals surface area contributed by atoms with Crippen molar-refractivity contribution < 1.29 is 24.5 Å². The first-order valence-corrected chi connectivity index (χ1v) is 13.0. The van der Waals surface area contributed by atoms with Gasteiger partial charge >= 0.3 is 5.97 Å². The second kappa shape index (κ2) is 11.1. The van der Waals surface area contributed by atoms with E-state index in [2.05, 4.69) is 66.4 Å². The van der Waals surface area contributed by atoms with Gasteiger partial charge in [-0.3, -0.25) is 4.79 Å². The van der Waals surface area contributed by atoms with Gasteiger partial charge < -0.3 is 20.3 Å². The molecule has 0 aliphatic rings. The van der Waals surface area contributed by atoms with E-state index < -0.39 is 12.0 Å². The average Bonchev–Trinajstić information content (AvgIpc) is 2.61. The number of aliphatic carboxylic acids is 1. The summed E-state index contributed by atoms with van der Waals surface area (Å²) in [4.78, 5) is 23.0. The van der Waals surface area contributed by atoms with E-state index in [1.807, 2.05) is 57.3 Å². The van der Waals surface area contributed by atoms with Gasteiger partial charge in [-0.15, -0.1) is 0 Å². The normalized spacial score (nSPS) is 11.8. The molecule has 0 fully saturated rings. The van der Waals surface area contributed by atoms with E-state index in [4.69, 9.17) is 4.74 Å². The van der Waals surface area contributed by atoms with Crippen LogP contribution in [0, 0.1) is 14.3 Å². The van der Waals surface area contributed by atoms with Gasteiger partial charge in [0.05, 0.1) is 19.6 Å². The van der Waals surface area contributed by atoms with Crippen LogP contribution in [0.1, 0.15) is 5.56 Å². The van der Waals surface area contributed by atoms with Gasteiger partial charge in [0.15, 0.2) is 5.75 Å². The number of ether oxygens (including phenoxy) is 1. The number of alkyl halides is 1. The molecule has 1 unspecified atom stereocenters. The Kier molecular flexibility index (Phi) is 9.80. The van der Waals surface area contributed by atoms with Crippen molar-refractivity contribution in [3.05, 3.63) is 44.1 Å². The number of aromatic hydroxyl groups is 1. The maximum atomic E-state index is 11.5. The number of rotatable bonds is 7. The van der Waals surface area contributed by atoms with Crippen LogP contribution in [0.25, 0.3) is 0 Å². The molecular formula is C17H12BrI4NO5. The fourth-order valence-electron chi connectivity index (χ4n) is 2.22. The van der Waals surface area contributed by atoms with Crippen molar-refractivity contribution in [3.8, 4) is 17.2 Å². The highest BCUT2D eigenvalue weighted by atomic mass is 127. The summed E-state index contributed by atoms with van der Waals surface area (Å²) in [5.74, 6) is 0.00138. The highest BCUT2D eigenvalue weighted by molar-refractivity contribution is 14.1. The lowest BCUT2D eigenvalue weighted by atomic mass is 10.1. The lowest BCUT2D eigenvalue weighted by Crippen LogP contribution is -2.42. The number of hydrogen-bond donors (Lipinski definition) is 3. The number of halogens is 5. The van der Waals surface area contributed by atoms with E-state index >= 15 is 0 Å². The predicted molar refractivity (Wildman–Crippen MR) is 143 cm³/mol. The minimum Gasteiger partial charge on any atom is -0.506 e. The summed E-state index contributed by atoms with van der Waals surface area (Å²) >= 11 is 11.4. The zero-order valence-electron chi connectivity index (χ0n) is 13.8. The quantitative estimate of drug-likeness (QED) is 0.266. The molecule has 1 amide bonds. The van der Waals surface area contributed by atoms with Crippen LogP contribution >= 0.6 is 106 Å². The molecule has 0 bridgehead atoms. The number of benzene rings is 2. The SMILES string of the molecule is O=C(CBr)NC(Cc1cc(I)c(Oc2cc(I)c(O)c(I)c2)c(I)c1)C(=O)O. The van der Waals surface area contributed by atoms with Crippen molar-refractivity contribution >= 4 is 118 Å². The molecule has 150 valence electrons. The number of carboxylic acid groups (broad SMARTS) is 1. The number of phenolic OH excluding ortho intramolecular Hbond substituents is 1. The molecule has 2 rings (SSSR count). The van der Waals surface area contributed by atoms with Crippen LogP contribution in [0.15, 0.2) is 24.3 Å². The monoisotopic (exact) mass is 897 g/mol. The van der Waals surface area contributed by atoms with Crippen LogP contribution in [-0.2, 0) is 16.0 Å². The Morgan fingerprint density at radius 3 is 2.04 bits per heavy atom. The molecule has 0 spiro atoms. The minimum atomic E-state index is -1.09. The molecule has 0 radical (unpaired) electrons. The summed E-state index contributed by atoms with van der Waals surface area (Å²) < 4.78 is 9.02. The molecule has 0 saturated carbocycles. The Labute approximate surface area is 224 Å². The van der Waals surface area contributed by atoms with Crippen molar-refractivity contribution in [2.45, 2.75) is 12.5 Å². The molecule has 28 heavy (non-hydrogen) atoms. The second-order valence-corrected chi connectivity index (χ2v) is 10.7. The largest absolute Gasteiger partial charge is 0.506 e. The van der Waals surface area contributed by atoms with Crippen LogP contribution in [0.3, 0.4) is 0 Å². The van der Waals surface area contributed by atoms with Gasteiger partial charge in [0.1, 0.15) is 17.5 Å². The Morgan fingerprint density at radius 1 is 1.04 bits per heavy atom. The van der Waals surface area contributed by atoms with E-state index in [9.17, 15) is 19.8 Å². The fourth-order valence-corrected chi connectivity index (χ4v) is 6.21. The molecule has 0 saturated heterocycles. The maximum absolute atomic E-state index is 11.5. The number of phenols is 1. The third kappa shape index (κ3) is 6.69. The number of amides is 1. The van der Waals surface area contributed by atoms with Gasteiger partial charge in [0.25, 0.3) is 0 Å². The summed E-state index contributed by atoms with van der Waals surface area (Å²) in [5.41, 5.74) is 0.776. The van der Waals surface area contributed by atoms with E-state index in [0.717, 1.165) is 12.7 Å². The highest BCUT2D eigenvalue weighted by Gasteiger charge is 2.21. The molecule has 11 heteroatoms. The van der Waals surface area contributed by atoms with E-state index in [1.54, 1.807) is 12.1 Å². The number of hydrogen-bond acceptors (Lipinski definition) is 4. The first-order chi connectivity index (χ1) is 13.1. The molecule has 0 aliphatic heterocycles. The van der Waals surface area contributed by atoms with Crippen molar-refractivity contribution in [1.29, 1.82) is 0 Å². The maximum Gasteiger partial charge on any atom is 0.326 e. The topological polar surface area (TPSA) is 95.9 Å². The van der Waals surface area contributed by atoms with Crippen LogP contribution in [0.4, 0.5) is 0 Å². The van der Waals surface area contributed by atoms with Crippen molar-refractivity contribution in [1.82, 2.24) is 5.32 Å². The molecule has 0 aromatic heterocycles. The van der Waals surface area contributed by atoms with Crippen molar-refractivity contribution in [3.63, 3.8) is 0 Å². The van der Waals surface area contributed by atoms with E-state index in [0.29, 0.717) is 18.6 Å². The van der Waals surface area contributed by atoms with Crippen LogP contribution in [-0.4, -0.2) is 33.5 Å². The fraction of sp³-hybridized carbons (Fsp3) is 0.176. The number of carbonyl (C=O) groups is 2. The summed E-state index contributed by atoms with van der Waals surface area (Å²) in [5, 5.41) is 21.8. The second-order valence-electron chi connectivity index (χ2n) is 5.52. The Bertz CT molecular complexity index is 878. The van der Waals surface area contributed by atoms with Crippen molar-refractivity contribution in [2.24, 2.45) is 0 Å². The van der Waals surface area contributed by atoms with Gasteiger partial charge in [-0.05, 0) is 120 Å². The zero-order chi connectivity index (χ0) is 21.0. The Morgan fingerprint density at radius 2 is 1.57 bits per heavy atom. The molecule has 0 aliphatic carbocycles. The van der Waals surface area contributed by atoms with Gasteiger partial charge in [0, 0.05) is 6.42 Å². The molecule has 3 N–H and O–H groups in total. The summed E-state index contributed by atoms with van der Waals surface area (Å²) in [6.07, 6.45) is 0.162. The predicted octanol–water partition coefficient (Wildman–Crippen LogP) is 5.11. The summed E-state index contributed by atoms with van der Waals surface area (Å²) in [6.45, 7) is 0. The minimum absolute atomic E-state index is 0.0445. The molecule has 6 nitrogen and oxygen atoms in total. The van der Waals surface area contributed by atoms with E-state index in [1.165, 1.54) is 0 Å². The van der Waals surface area contributed by atoms with Crippen LogP contribution in [0.2, 0.25) is 0 Å². The molecule has 2 aromatic rings. The average molecular weight is 898 g/mol. The molecule has 2 aromatic carbocycles. The molecule has 1 atom stereocenters. The first-order valence-electron chi connectivity index (χ1n) is 7.54. The van der Waals surface area contributed by atoms with Gasteiger partial charge in [-0.1, -0.05) is 15.9 Å². The van der Waals surface area contributed by atoms with Crippen LogP contribution in [0.5, 0.6) is 17.2 Å². The zero-order valence-corrected chi connectivity index (χ0v) is 24.0. The molecular weight excluding hydrogens is 886 g/mol. The summed E-state index contributed by atoms with van der Waals surface area (Å²) in [7, 11) is 0. The standard InChI is InChI=1S/C17H12BrI4NO5/c18-6-14(24)23-13(17(26)27)3-7-1-11(21)16(12(22)2-7)28-8-4-9(19)15(25)10(20)5-8/h1-2,4-5,13,25H,3,6H2,(H,23,24)(H,26,27). The number of nitrogens with one attached hydrogen (secondary N) is 1. The van der Waals surface area contributed by atoms with Gasteiger partial charge in [-0.2, -0.15) is 0 Å². The van der Waals surface area contributed by atoms with Crippen LogP contribution < -0.4 is 10.1 Å². The summed E-state index contributed by atoms with van der Waals surface area (Å²) in [6, 6.07) is 6.15. The Balaban J connectivity index is 2.27. The van der Waals surface area contributed by atoms with Gasteiger partial charge in [-0.25, -0.2) is 4.79 Å². The smallest absolute Gasteiger partial charge is 0.326 e. The number of carboxylic acids is 1. The molecule has 0 heterocycles. The highest BCUT2D eigenvalue weighted by Crippen LogP contribution is 2.36.